The Hall–Kier alpha value is -1.06. The summed E-state index contributed by atoms with van der Waals surface area (Å²) in [5, 5.41) is 31.1. The Morgan fingerprint density at radius 3 is 2.52 bits per heavy atom. The second kappa shape index (κ2) is 9.83. The zero-order valence-electron chi connectivity index (χ0n) is 18.7. The van der Waals surface area contributed by atoms with Crippen LogP contribution >= 0.6 is 0 Å². The summed E-state index contributed by atoms with van der Waals surface area (Å²) in [5.74, 6) is 1.94. The van der Waals surface area contributed by atoms with Gasteiger partial charge in [0.1, 0.15) is 5.75 Å². The van der Waals surface area contributed by atoms with Gasteiger partial charge in [0.15, 0.2) is 0 Å². The molecule has 2 saturated carbocycles. The molecular weight excluding hydrogens is 360 g/mol. The monoisotopic (exact) mass is 402 g/mol. The highest BCUT2D eigenvalue weighted by molar-refractivity contribution is 5.42. The number of hydrogen-bond acceptors (Lipinski definition) is 3. The molecule has 3 rings (SSSR count). The molecule has 3 heteroatoms. The number of hydrogen-bond donors (Lipinski definition) is 3. The first-order valence-electron chi connectivity index (χ1n) is 12.0. The Morgan fingerprint density at radius 1 is 1.03 bits per heavy atom. The van der Waals surface area contributed by atoms with Crippen molar-refractivity contribution in [3.8, 4) is 5.75 Å². The molecule has 0 heterocycles. The molecule has 29 heavy (non-hydrogen) atoms. The van der Waals surface area contributed by atoms with Crippen LogP contribution in [0.5, 0.6) is 5.75 Å². The van der Waals surface area contributed by atoms with Crippen molar-refractivity contribution in [3.63, 3.8) is 0 Å². The Kier molecular flexibility index (Phi) is 7.67. The highest BCUT2D eigenvalue weighted by Crippen LogP contribution is 2.51. The number of phenolic OH excluding ortho intramolecular Hbond substituents is 1. The minimum atomic E-state index is -0.277. The van der Waals surface area contributed by atoms with Crippen LogP contribution in [0.25, 0.3) is 0 Å². The number of aliphatic hydroxyl groups excluding tert-OH is 2. The number of aliphatic hydroxyl groups is 2. The van der Waals surface area contributed by atoms with Gasteiger partial charge >= 0.3 is 0 Å². The van der Waals surface area contributed by atoms with E-state index in [1.54, 1.807) is 0 Å². The van der Waals surface area contributed by atoms with E-state index in [0.29, 0.717) is 23.5 Å². The molecule has 0 saturated heterocycles. The standard InChI is InChI=1S/C26H42O3/c1-4-5-6-7-12-26(2,3)20-10-11-22(25(29)15-20)24-16-21(28)14-19-9-8-18(17-27)13-23(19)24/h10-11,15,18-19,21,23-24,27-29H,4-9,12-14,16-17H2,1-3H3/t18-,19+,21-,23-,24+/m1/s1. The Balaban J connectivity index is 1.77. The number of aromatic hydroxyl groups is 1. The minimum Gasteiger partial charge on any atom is -0.508 e. The van der Waals surface area contributed by atoms with E-state index < -0.39 is 0 Å². The van der Waals surface area contributed by atoms with Crippen LogP contribution < -0.4 is 0 Å². The highest BCUT2D eigenvalue weighted by atomic mass is 16.3. The fourth-order valence-corrected chi connectivity index (χ4v) is 6.00. The molecule has 0 aliphatic heterocycles. The molecule has 1 aromatic rings. The molecule has 2 fully saturated rings. The van der Waals surface area contributed by atoms with Crippen LogP contribution in [0.15, 0.2) is 18.2 Å². The third kappa shape index (κ3) is 5.35. The second-order valence-electron chi connectivity index (χ2n) is 10.5. The van der Waals surface area contributed by atoms with Crippen molar-refractivity contribution in [2.45, 2.75) is 102 Å². The normalized spacial score (nSPS) is 30.2. The van der Waals surface area contributed by atoms with Crippen molar-refractivity contribution < 1.29 is 15.3 Å². The molecule has 0 amide bonds. The van der Waals surface area contributed by atoms with Gasteiger partial charge in [0.25, 0.3) is 0 Å². The molecule has 0 aromatic heterocycles. The highest BCUT2D eigenvalue weighted by Gasteiger charge is 2.42. The second-order valence-corrected chi connectivity index (χ2v) is 10.5. The van der Waals surface area contributed by atoms with Crippen molar-refractivity contribution >= 4 is 0 Å². The van der Waals surface area contributed by atoms with Crippen molar-refractivity contribution in [1.82, 2.24) is 0 Å². The lowest BCUT2D eigenvalue weighted by Crippen LogP contribution is -2.38. The molecular formula is C26H42O3. The molecule has 0 spiro atoms. The van der Waals surface area contributed by atoms with Crippen LogP contribution in [0.1, 0.15) is 102 Å². The van der Waals surface area contributed by atoms with Gasteiger partial charge < -0.3 is 15.3 Å². The summed E-state index contributed by atoms with van der Waals surface area (Å²) < 4.78 is 0. The summed E-state index contributed by atoms with van der Waals surface area (Å²) in [7, 11) is 0. The van der Waals surface area contributed by atoms with E-state index >= 15 is 0 Å². The molecule has 3 N–H and O–H groups in total. The molecule has 2 aliphatic carbocycles. The number of benzene rings is 1. The Bertz CT molecular complexity index is 653. The number of rotatable bonds is 8. The molecule has 0 bridgehead atoms. The Labute approximate surface area is 177 Å². The van der Waals surface area contributed by atoms with Gasteiger partial charge in [-0.15, -0.1) is 0 Å². The van der Waals surface area contributed by atoms with Gasteiger partial charge in [-0.2, -0.15) is 0 Å². The predicted molar refractivity (Wildman–Crippen MR) is 119 cm³/mol. The van der Waals surface area contributed by atoms with Crippen LogP contribution in [0.4, 0.5) is 0 Å². The van der Waals surface area contributed by atoms with Crippen LogP contribution in [-0.2, 0) is 5.41 Å². The first kappa shape index (κ1) is 22.6. The molecule has 164 valence electrons. The van der Waals surface area contributed by atoms with Crippen molar-refractivity contribution in [2.24, 2.45) is 17.8 Å². The van der Waals surface area contributed by atoms with Gasteiger partial charge in [0.05, 0.1) is 6.10 Å². The summed E-state index contributed by atoms with van der Waals surface area (Å²) in [6.07, 6.45) is 10.7. The van der Waals surface area contributed by atoms with Crippen molar-refractivity contribution in [3.05, 3.63) is 29.3 Å². The zero-order valence-corrected chi connectivity index (χ0v) is 18.7. The molecule has 0 unspecified atom stereocenters. The molecule has 2 aliphatic rings. The largest absolute Gasteiger partial charge is 0.508 e. The number of phenols is 1. The van der Waals surface area contributed by atoms with E-state index in [1.165, 1.54) is 31.2 Å². The smallest absolute Gasteiger partial charge is 0.119 e. The third-order valence-electron chi connectivity index (χ3n) is 7.90. The van der Waals surface area contributed by atoms with E-state index in [9.17, 15) is 15.3 Å². The average Bonchev–Trinajstić information content (AvgIpc) is 2.70. The van der Waals surface area contributed by atoms with Crippen LogP contribution in [0.3, 0.4) is 0 Å². The van der Waals surface area contributed by atoms with Gasteiger partial charge in [-0.1, -0.05) is 58.6 Å². The summed E-state index contributed by atoms with van der Waals surface area (Å²) >= 11 is 0. The lowest BCUT2D eigenvalue weighted by atomic mass is 9.60. The van der Waals surface area contributed by atoms with Gasteiger partial charge in [-0.25, -0.2) is 0 Å². The van der Waals surface area contributed by atoms with E-state index in [4.69, 9.17) is 0 Å². The summed E-state index contributed by atoms with van der Waals surface area (Å²) in [4.78, 5) is 0. The van der Waals surface area contributed by atoms with E-state index in [-0.39, 0.29) is 24.0 Å². The molecule has 0 radical (unpaired) electrons. The number of unbranched alkanes of at least 4 members (excludes halogenated alkanes) is 3. The van der Waals surface area contributed by atoms with Crippen LogP contribution in [0.2, 0.25) is 0 Å². The SMILES string of the molecule is CCCCCCC(C)(C)c1ccc([C@@H]2C[C@H](O)C[C@@H]3CC[C@@H](CO)C[C@H]32)c(O)c1. The topological polar surface area (TPSA) is 60.7 Å². The minimum absolute atomic E-state index is 0.0607. The zero-order chi connectivity index (χ0) is 21.0. The van der Waals surface area contributed by atoms with E-state index in [0.717, 1.165) is 44.1 Å². The van der Waals surface area contributed by atoms with E-state index in [2.05, 4.69) is 32.9 Å². The molecule has 3 nitrogen and oxygen atoms in total. The van der Waals surface area contributed by atoms with Crippen molar-refractivity contribution in [2.75, 3.05) is 6.61 Å². The van der Waals surface area contributed by atoms with Gasteiger partial charge in [0, 0.05) is 6.61 Å². The van der Waals surface area contributed by atoms with Gasteiger partial charge in [0.2, 0.25) is 0 Å². The lowest BCUT2D eigenvalue weighted by Gasteiger charge is -2.46. The number of fused-ring (bicyclic) bond motifs is 1. The summed E-state index contributed by atoms with van der Waals surface area (Å²) in [6.45, 7) is 7.06. The fourth-order valence-electron chi connectivity index (χ4n) is 6.00. The molecule has 5 atom stereocenters. The maximum atomic E-state index is 11.0. The Morgan fingerprint density at radius 2 is 1.83 bits per heavy atom. The third-order valence-corrected chi connectivity index (χ3v) is 7.90. The maximum Gasteiger partial charge on any atom is 0.119 e. The quantitative estimate of drug-likeness (QED) is 0.474. The summed E-state index contributed by atoms with van der Waals surface area (Å²) in [6, 6.07) is 6.31. The lowest BCUT2D eigenvalue weighted by molar-refractivity contribution is 0.00985. The van der Waals surface area contributed by atoms with Gasteiger partial charge in [-0.3, -0.25) is 0 Å². The van der Waals surface area contributed by atoms with Gasteiger partial charge in [-0.05, 0) is 84.8 Å². The fraction of sp³-hybridized carbons (Fsp3) is 0.769. The van der Waals surface area contributed by atoms with Crippen molar-refractivity contribution in [1.29, 1.82) is 0 Å². The van der Waals surface area contributed by atoms with Crippen LogP contribution in [0, 0.1) is 17.8 Å². The predicted octanol–water partition coefficient (Wildman–Crippen LogP) is 5.90. The maximum absolute atomic E-state index is 11.0. The first-order chi connectivity index (χ1) is 13.9. The summed E-state index contributed by atoms with van der Waals surface area (Å²) in [5.41, 5.74) is 2.27. The average molecular weight is 403 g/mol. The van der Waals surface area contributed by atoms with E-state index in [1.807, 2.05) is 6.07 Å². The molecule has 1 aromatic carbocycles. The first-order valence-corrected chi connectivity index (χ1v) is 12.0. The van der Waals surface area contributed by atoms with Crippen LogP contribution in [-0.4, -0.2) is 28.0 Å².